The molecule has 0 bridgehead atoms. The fraction of sp³-hybridized carbons (Fsp3) is 0.231. The van der Waals surface area contributed by atoms with Crippen LogP contribution >= 0.6 is 0 Å². The number of carbonyl (C=O) groups is 1. The zero-order chi connectivity index (χ0) is 23.2. The summed E-state index contributed by atoms with van der Waals surface area (Å²) >= 11 is 0. The summed E-state index contributed by atoms with van der Waals surface area (Å²) in [5, 5.41) is 8.37. The van der Waals surface area contributed by atoms with Crippen molar-refractivity contribution in [2.24, 2.45) is 5.73 Å². The number of rotatable bonds is 9. The van der Waals surface area contributed by atoms with Crippen LogP contribution in [0.25, 0.3) is 16.6 Å². The number of hydrogen-bond acceptors (Lipinski definition) is 4. The van der Waals surface area contributed by atoms with Crippen molar-refractivity contribution in [1.82, 2.24) is 15.1 Å². The highest BCUT2D eigenvalue weighted by Crippen LogP contribution is 2.29. The molecule has 0 radical (unpaired) electrons. The van der Waals surface area contributed by atoms with E-state index in [1.54, 1.807) is 23.0 Å². The largest absolute Gasteiger partial charge is 0.484 e. The third-order valence-corrected chi connectivity index (χ3v) is 5.45. The van der Waals surface area contributed by atoms with Crippen molar-refractivity contribution in [3.8, 4) is 11.4 Å². The first-order valence-corrected chi connectivity index (χ1v) is 11.0. The minimum Gasteiger partial charge on any atom is -0.484 e. The Morgan fingerprint density at radius 2 is 1.88 bits per heavy atom. The van der Waals surface area contributed by atoms with E-state index in [0.717, 1.165) is 22.2 Å². The Morgan fingerprint density at radius 3 is 2.61 bits per heavy atom. The summed E-state index contributed by atoms with van der Waals surface area (Å²) in [4.78, 5) is 12.3. The van der Waals surface area contributed by atoms with Crippen molar-refractivity contribution in [2.45, 2.75) is 31.9 Å². The SMILES string of the molecule is CC(NC(=O)CCCN)[C@H](Oc1ccc2c(cnn2-c2ccc(F)cc2)c1)c1ccccc1. The summed E-state index contributed by atoms with van der Waals surface area (Å²) in [5.74, 6) is 0.327. The van der Waals surface area contributed by atoms with Crippen LogP contribution in [0.2, 0.25) is 0 Å². The second-order valence-corrected chi connectivity index (χ2v) is 7.95. The van der Waals surface area contributed by atoms with Crippen molar-refractivity contribution in [3.05, 3.63) is 90.4 Å². The van der Waals surface area contributed by atoms with Gasteiger partial charge in [0.05, 0.1) is 23.4 Å². The molecule has 2 atom stereocenters. The van der Waals surface area contributed by atoms with E-state index in [4.69, 9.17) is 10.5 Å². The van der Waals surface area contributed by atoms with Gasteiger partial charge in [0.15, 0.2) is 0 Å². The monoisotopic (exact) mass is 446 g/mol. The van der Waals surface area contributed by atoms with Gasteiger partial charge in [0.1, 0.15) is 17.7 Å². The van der Waals surface area contributed by atoms with Crippen LogP contribution in [0.15, 0.2) is 79.0 Å². The normalized spacial score (nSPS) is 12.9. The van der Waals surface area contributed by atoms with Gasteiger partial charge in [0, 0.05) is 11.8 Å². The number of benzene rings is 3. The van der Waals surface area contributed by atoms with Gasteiger partial charge in [-0.3, -0.25) is 4.79 Å². The minimum absolute atomic E-state index is 0.0477. The fourth-order valence-electron chi connectivity index (χ4n) is 3.78. The number of nitrogens with one attached hydrogen (secondary N) is 1. The molecule has 170 valence electrons. The Hall–Kier alpha value is -3.71. The van der Waals surface area contributed by atoms with Gasteiger partial charge in [0.2, 0.25) is 5.91 Å². The molecule has 1 amide bonds. The Morgan fingerprint density at radius 1 is 1.12 bits per heavy atom. The van der Waals surface area contributed by atoms with Crippen molar-refractivity contribution in [1.29, 1.82) is 0 Å². The maximum atomic E-state index is 13.3. The van der Waals surface area contributed by atoms with Gasteiger partial charge < -0.3 is 15.8 Å². The maximum Gasteiger partial charge on any atom is 0.220 e. The van der Waals surface area contributed by atoms with Gasteiger partial charge >= 0.3 is 0 Å². The second-order valence-electron chi connectivity index (χ2n) is 7.95. The molecule has 4 rings (SSSR count). The molecule has 3 N–H and O–H groups in total. The average molecular weight is 447 g/mol. The Labute approximate surface area is 192 Å². The highest BCUT2D eigenvalue weighted by atomic mass is 19.1. The molecule has 0 spiro atoms. The molecule has 7 heteroatoms. The lowest BCUT2D eigenvalue weighted by atomic mass is 10.0. The molecular formula is C26H27FN4O2. The van der Waals surface area contributed by atoms with Crippen LogP contribution in [0, 0.1) is 5.82 Å². The number of halogens is 1. The third kappa shape index (κ3) is 5.38. The lowest BCUT2D eigenvalue weighted by Crippen LogP contribution is -2.39. The van der Waals surface area contributed by atoms with Crippen molar-refractivity contribution in [2.75, 3.05) is 6.54 Å². The number of nitrogens with zero attached hydrogens (tertiary/aromatic N) is 2. The summed E-state index contributed by atoms with van der Waals surface area (Å²) in [6, 6.07) is 21.5. The van der Waals surface area contributed by atoms with Crippen LogP contribution < -0.4 is 15.8 Å². The molecular weight excluding hydrogens is 419 g/mol. The molecule has 0 aliphatic carbocycles. The van der Waals surface area contributed by atoms with Crippen LogP contribution in [0.3, 0.4) is 0 Å². The third-order valence-electron chi connectivity index (χ3n) is 5.45. The molecule has 1 aromatic heterocycles. The number of fused-ring (bicyclic) bond motifs is 1. The van der Waals surface area contributed by atoms with Crippen molar-refractivity contribution >= 4 is 16.8 Å². The van der Waals surface area contributed by atoms with Gasteiger partial charge in [0.25, 0.3) is 0 Å². The van der Waals surface area contributed by atoms with Crippen molar-refractivity contribution in [3.63, 3.8) is 0 Å². The summed E-state index contributed by atoms with van der Waals surface area (Å²) in [5.41, 5.74) is 8.14. The van der Waals surface area contributed by atoms with Crippen LogP contribution in [0.1, 0.15) is 31.4 Å². The number of nitrogens with two attached hydrogens (primary N) is 1. The highest BCUT2D eigenvalue weighted by Gasteiger charge is 2.23. The van der Waals surface area contributed by atoms with E-state index in [9.17, 15) is 9.18 Å². The molecule has 4 aromatic rings. The van der Waals surface area contributed by atoms with Gasteiger partial charge in [-0.2, -0.15) is 5.10 Å². The second kappa shape index (κ2) is 10.3. The first-order valence-electron chi connectivity index (χ1n) is 11.0. The maximum absolute atomic E-state index is 13.3. The van der Waals surface area contributed by atoms with Gasteiger partial charge in [-0.25, -0.2) is 9.07 Å². The smallest absolute Gasteiger partial charge is 0.220 e. The topological polar surface area (TPSA) is 82.2 Å². The zero-order valence-corrected chi connectivity index (χ0v) is 18.4. The van der Waals surface area contributed by atoms with E-state index in [1.807, 2.05) is 55.5 Å². The Kier molecular flexibility index (Phi) is 7.00. The van der Waals surface area contributed by atoms with E-state index in [0.29, 0.717) is 25.1 Å². The van der Waals surface area contributed by atoms with E-state index in [1.165, 1.54) is 12.1 Å². The first-order chi connectivity index (χ1) is 16.0. The number of hydrogen-bond donors (Lipinski definition) is 2. The average Bonchev–Trinajstić information content (AvgIpc) is 3.25. The predicted molar refractivity (Wildman–Crippen MR) is 127 cm³/mol. The van der Waals surface area contributed by atoms with Gasteiger partial charge in [-0.1, -0.05) is 30.3 Å². The van der Waals surface area contributed by atoms with Crippen LogP contribution in [-0.4, -0.2) is 28.3 Å². The van der Waals surface area contributed by atoms with E-state index >= 15 is 0 Å². The van der Waals surface area contributed by atoms with Crippen molar-refractivity contribution < 1.29 is 13.9 Å². The Balaban J connectivity index is 1.58. The van der Waals surface area contributed by atoms with Crippen LogP contribution in [0.5, 0.6) is 5.75 Å². The molecule has 33 heavy (non-hydrogen) atoms. The van der Waals surface area contributed by atoms with E-state index < -0.39 is 0 Å². The summed E-state index contributed by atoms with van der Waals surface area (Å²) < 4.78 is 21.4. The molecule has 1 heterocycles. The number of carbonyl (C=O) groups excluding carboxylic acids is 1. The first kappa shape index (κ1) is 22.5. The minimum atomic E-state index is -0.377. The number of amides is 1. The molecule has 0 fully saturated rings. The Bertz CT molecular complexity index is 1210. The van der Waals surface area contributed by atoms with Gasteiger partial charge in [-0.05, 0) is 67.9 Å². The standard InChI is InChI=1S/C26H27FN4O2/c1-18(30-25(32)8-5-15-28)26(19-6-3-2-4-7-19)33-23-13-14-24-20(16-23)17-29-31(24)22-11-9-21(27)10-12-22/h2-4,6-7,9-14,16-18,26H,5,8,15,28H2,1H3,(H,30,32)/t18?,26-/m0/s1. The summed E-state index contributed by atoms with van der Waals surface area (Å²) in [7, 11) is 0. The number of ether oxygens (including phenoxy) is 1. The molecule has 0 aliphatic rings. The van der Waals surface area contributed by atoms with Crippen LogP contribution in [0.4, 0.5) is 4.39 Å². The highest BCUT2D eigenvalue weighted by molar-refractivity contribution is 5.81. The summed E-state index contributed by atoms with van der Waals surface area (Å²) in [6.45, 7) is 2.41. The van der Waals surface area contributed by atoms with E-state index in [2.05, 4.69) is 10.4 Å². The summed E-state index contributed by atoms with van der Waals surface area (Å²) in [6.07, 6.45) is 2.40. The van der Waals surface area contributed by atoms with Crippen LogP contribution in [-0.2, 0) is 4.79 Å². The lowest BCUT2D eigenvalue weighted by Gasteiger charge is -2.26. The molecule has 1 unspecified atom stereocenters. The fourth-order valence-corrected chi connectivity index (χ4v) is 3.78. The molecule has 0 aliphatic heterocycles. The molecule has 3 aromatic carbocycles. The quantitative estimate of drug-likeness (QED) is 0.396. The van der Waals surface area contributed by atoms with Gasteiger partial charge in [-0.15, -0.1) is 0 Å². The molecule has 0 saturated carbocycles. The zero-order valence-electron chi connectivity index (χ0n) is 18.4. The molecule has 6 nitrogen and oxygen atoms in total. The number of aromatic nitrogens is 2. The lowest BCUT2D eigenvalue weighted by molar-refractivity contribution is -0.122. The molecule has 0 saturated heterocycles. The van der Waals surface area contributed by atoms with E-state index in [-0.39, 0.29) is 23.9 Å². The predicted octanol–water partition coefficient (Wildman–Crippen LogP) is 4.53.